The molecular weight excluding hydrogens is 234 g/mol. The van der Waals surface area contributed by atoms with Crippen molar-refractivity contribution < 1.29 is 0 Å². The Morgan fingerprint density at radius 3 is 2.88 bits per heavy atom. The number of nitriles is 1. The maximum Gasteiger partial charge on any atom is 0.101 e. The lowest BCUT2D eigenvalue weighted by molar-refractivity contribution is 1.30. The second-order valence-electron chi connectivity index (χ2n) is 3.62. The molecule has 0 amide bonds. The zero-order chi connectivity index (χ0) is 12.3. The molecule has 1 N–H and O–H groups in total. The van der Waals surface area contributed by atoms with E-state index in [0.29, 0.717) is 16.3 Å². The van der Waals surface area contributed by atoms with Gasteiger partial charge >= 0.3 is 0 Å². The summed E-state index contributed by atoms with van der Waals surface area (Å²) in [5.41, 5.74) is 3.08. The molecule has 1 aromatic carbocycles. The molecule has 2 rings (SSSR count). The van der Waals surface area contributed by atoms with Gasteiger partial charge in [-0.15, -0.1) is 0 Å². The number of pyridine rings is 1. The van der Waals surface area contributed by atoms with Crippen molar-refractivity contribution >= 4 is 23.0 Å². The molecule has 0 fully saturated rings. The molecule has 3 nitrogen and oxygen atoms in total. The van der Waals surface area contributed by atoms with Crippen molar-refractivity contribution in [3.05, 3.63) is 52.8 Å². The smallest absolute Gasteiger partial charge is 0.101 e. The topological polar surface area (TPSA) is 48.7 Å². The second kappa shape index (κ2) is 4.86. The molecule has 0 saturated heterocycles. The van der Waals surface area contributed by atoms with E-state index in [2.05, 4.69) is 16.4 Å². The largest absolute Gasteiger partial charge is 0.353 e. The van der Waals surface area contributed by atoms with Crippen LogP contribution in [0.3, 0.4) is 0 Å². The summed E-state index contributed by atoms with van der Waals surface area (Å²) >= 11 is 6.03. The summed E-state index contributed by atoms with van der Waals surface area (Å²) < 4.78 is 0. The van der Waals surface area contributed by atoms with Gasteiger partial charge in [0.05, 0.1) is 17.4 Å². The minimum absolute atomic E-state index is 0.552. The van der Waals surface area contributed by atoms with Crippen LogP contribution in [0.15, 0.2) is 36.7 Å². The third kappa shape index (κ3) is 2.55. The number of anilines is 2. The minimum Gasteiger partial charge on any atom is -0.353 e. The molecule has 0 aliphatic rings. The molecule has 0 unspecified atom stereocenters. The van der Waals surface area contributed by atoms with Gasteiger partial charge < -0.3 is 5.32 Å². The Bertz CT molecular complexity index is 587. The van der Waals surface area contributed by atoms with E-state index in [4.69, 9.17) is 16.9 Å². The number of rotatable bonds is 2. The highest BCUT2D eigenvalue weighted by molar-refractivity contribution is 6.31. The number of aromatic nitrogens is 1. The first-order valence-electron chi connectivity index (χ1n) is 5.08. The summed E-state index contributed by atoms with van der Waals surface area (Å²) in [6.07, 6.45) is 3.21. The van der Waals surface area contributed by atoms with Gasteiger partial charge in [-0.05, 0) is 30.7 Å². The Morgan fingerprint density at radius 2 is 2.18 bits per heavy atom. The fourth-order valence-electron chi connectivity index (χ4n) is 1.42. The number of benzene rings is 1. The van der Waals surface area contributed by atoms with Gasteiger partial charge in [0.2, 0.25) is 0 Å². The minimum atomic E-state index is 0.552. The van der Waals surface area contributed by atoms with Crippen LogP contribution in [0.1, 0.15) is 11.1 Å². The average Bonchev–Trinajstić information content (AvgIpc) is 2.34. The standard InChI is InChI=1S/C13H10ClN3/c1-9-2-3-11(6-12(9)14)17-13-8-16-5-4-10(13)7-15/h2-6,8,17H,1H3. The summed E-state index contributed by atoms with van der Waals surface area (Å²) in [4.78, 5) is 3.98. The van der Waals surface area contributed by atoms with Crippen LogP contribution in [0, 0.1) is 18.3 Å². The highest BCUT2D eigenvalue weighted by Gasteiger charge is 2.03. The van der Waals surface area contributed by atoms with Crippen molar-refractivity contribution in [2.75, 3.05) is 5.32 Å². The third-order valence-electron chi connectivity index (χ3n) is 2.39. The van der Waals surface area contributed by atoms with E-state index >= 15 is 0 Å². The lowest BCUT2D eigenvalue weighted by Gasteiger charge is -2.08. The van der Waals surface area contributed by atoms with Gasteiger partial charge in [-0.2, -0.15) is 5.26 Å². The number of hydrogen-bond donors (Lipinski definition) is 1. The van der Waals surface area contributed by atoms with E-state index < -0.39 is 0 Å². The summed E-state index contributed by atoms with van der Waals surface area (Å²) in [5.74, 6) is 0. The Kier molecular flexibility index (Phi) is 3.27. The fourth-order valence-corrected chi connectivity index (χ4v) is 1.60. The zero-order valence-electron chi connectivity index (χ0n) is 9.24. The van der Waals surface area contributed by atoms with Crippen LogP contribution in [-0.2, 0) is 0 Å². The summed E-state index contributed by atoms with van der Waals surface area (Å²) in [7, 11) is 0. The number of nitrogens with one attached hydrogen (secondary N) is 1. The lowest BCUT2D eigenvalue weighted by Crippen LogP contribution is -1.94. The number of nitrogens with zero attached hydrogens (tertiary/aromatic N) is 2. The predicted molar refractivity (Wildman–Crippen MR) is 68.4 cm³/mol. The number of halogens is 1. The molecule has 0 radical (unpaired) electrons. The highest BCUT2D eigenvalue weighted by Crippen LogP contribution is 2.24. The van der Waals surface area contributed by atoms with Gasteiger partial charge in [-0.1, -0.05) is 17.7 Å². The lowest BCUT2D eigenvalue weighted by atomic mass is 10.2. The van der Waals surface area contributed by atoms with Crippen molar-refractivity contribution in [3.63, 3.8) is 0 Å². The van der Waals surface area contributed by atoms with E-state index in [1.807, 2.05) is 25.1 Å². The van der Waals surface area contributed by atoms with Crippen LogP contribution in [0.4, 0.5) is 11.4 Å². The molecular formula is C13H10ClN3. The maximum absolute atomic E-state index is 8.95. The molecule has 0 bridgehead atoms. The Labute approximate surface area is 105 Å². The molecule has 1 heterocycles. The van der Waals surface area contributed by atoms with Gasteiger partial charge in [0.1, 0.15) is 6.07 Å². The molecule has 0 aliphatic carbocycles. The zero-order valence-corrected chi connectivity index (χ0v) is 9.99. The third-order valence-corrected chi connectivity index (χ3v) is 2.80. The van der Waals surface area contributed by atoms with E-state index in [0.717, 1.165) is 11.3 Å². The Hall–Kier alpha value is -2.05. The van der Waals surface area contributed by atoms with Crippen molar-refractivity contribution in [2.24, 2.45) is 0 Å². The van der Waals surface area contributed by atoms with E-state index in [1.165, 1.54) is 0 Å². The first-order valence-corrected chi connectivity index (χ1v) is 5.46. The van der Waals surface area contributed by atoms with Gasteiger partial charge in [-0.25, -0.2) is 0 Å². The SMILES string of the molecule is Cc1ccc(Nc2cnccc2C#N)cc1Cl. The summed E-state index contributed by atoms with van der Waals surface area (Å²) in [5, 5.41) is 12.8. The molecule has 17 heavy (non-hydrogen) atoms. The van der Waals surface area contributed by atoms with Gasteiger partial charge in [0.25, 0.3) is 0 Å². The normalized spacial score (nSPS) is 9.71. The predicted octanol–water partition coefficient (Wildman–Crippen LogP) is 3.66. The van der Waals surface area contributed by atoms with Crippen LogP contribution in [0.25, 0.3) is 0 Å². The van der Waals surface area contributed by atoms with Crippen LogP contribution in [0.5, 0.6) is 0 Å². The van der Waals surface area contributed by atoms with E-state index in [1.54, 1.807) is 18.5 Å². The number of hydrogen-bond acceptors (Lipinski definition) is 3. The molecule has 2 aromatic rings. The Balaban J connectivity index is 2.32. The molecule has 0 saturated carbocycles. The van der Waals surface area contributed by atoms with Crippen LogP contribution >= 0.6 is 11.6 Å². The Morgan fingerprint density at radius 1 is 1.35 bits per heavy atom. The molecule has 1 aromatic heterocycles. The highest BCUT2D eigenvalue weighted by atomic mass is 35.5. The molecule has 84 valence electrons. The number of aryl methyl sites for hydroxylation is 1. The van der Waals surface area contributed by atoms with Gasteiger partial charge in [-0.3, -0.25) is 4.98 Å². The first kappa shape index (κ1) is 11.4. The molecule has 4 heteroatoms. The van der Waals surface area contributed by atoms with Crippen molar-refractivity contribution in [1.29, 1.82) is 5.26 Å². The molecule has 0 atom stereocenters. The van der Waals surface area contributed by atoms with Gasteiger partial charge in [0.15, 0.2) is 0 Å². The van der Waals surface area contributed by atoms with E-state index in [9.17, 15) is 0 Å². The monoisotopic (exact) mass is 243 g/mol. The van der Waals surface area contributed by atoms with Crippen LogP contribution < -0.4 is 5.32 Å². The van der Waals surface area contributed by atoms with Gasteiger partial charge in [0, 0.05) is 16.9 Å². The average molecular weight is 244 g/mol. The van der Waals surface area contributed by atoms with Crippen molar-refractivity contribution in [2.45, 2.75) is 6.92 Å². The first-order chi connectivity index (χ1) is 8.20. The maximum atomic E-state index is 8.95. The van der Waals surface area contributed by atoms with Crippen LogP contribution in [-0.4, -0.2) is 4.98 Å². The molecule has 0 spiro atoms. The second-order valence-corrected chi connectivity index (χ2v) is 4.03. The molecule has 0 aliphatic heterocycles. The summed E-state index contributed by atoms with van der Waals surface area (Å²) in [6.45, 7) is 1.94. The van der Waals surface area contributed by atoms with Crippen molar-refractivity contribution in [1.82, 2.24) is 4.98 Å². The quantitative estimate of drug-likeness (QED) is 0.876. The summed E-state index contributed by atoms with van der Waals surface area (Å²) in [6, 6.07) is 9.43. The van der Waals surface area contributed by atoms with Crippen molar-refractivity contribution in [3.8, 4) is 6.07 Å². The fraction of sp³-hybridized carbons (Fsp3) is 0.0769. The van der Waals surface area contributed by atoms with Crippen LogP contribution in [0.2, 0.25) is 5.02 Å². The van der Waals surface area contributed by atoms with E-state index in [-0.39, 0.29) is 0 Å².